The molecule has 0 aliphatic heterocycles. The standard InChI is InChI=1S/C10H9BrF2N2OS/c1-4(9(14)17)10(16)15-8-3-6(12)5(11)2-7(8)13/h2-4H,1H3,(H2,14,17)(H,15,16). The zero-order valence-corrected chi connectivity index (χ0v) is 11.2. The molecule has 0 saturated carbocycles. The molecule has 1 aromatic carbocycles. The summed E-state index contributed by atoms with van der Waals surface area (Å²) < 4.78 is 26.5. The molecule has 0 bridgehead atoms. The molecular weight excluding hydrogens is 314 g/mol. The molecule has 0 saturated heterocycles. The number of rotatable bonds is 3. The van der Waals surface area contributed by atoms with E-state index in [9.17, 15) is 13.6 Å². The van der Waals surface area contributed by atoms with Crippen molar-refractivity contribution in [1.82, 2.24) is 0 Å². The largest absolute Gasteiger partial charge is 0.393 e. The van der Waals surface area contributed by atoms with Crippen LogP contribution in [0.5, 0.6) is 0 Å². The first-order chi connectivity index (χ1) is 7.82. The highest BCUT2D eigenvalue weighted by molar-refractivity contribution is 9.10. The molecule has 1 rings (SSSR count). The van der Waals surface area contributed by atoms with Gasteiger partial charge in [-0.2, -0.15) is 0 Å². The normalized spacial score (nSPS) is 12.0. The Labute approximate surface area is 110 Å². The maximum atomic E-state index is 13.4. The number of carbonyl (C=O) groups is 1. The van der Waals surface area contributed by atoms with Gasteiger partial charge in [0.1, 0.15) is 11.6 Å². The summed E-state index contributed by atoms with van der Waals surface area (Å²) >= 11 is 7.46. The molecule has 92 valence electrons. The first-order valence-corrected chi connectivity index (χ1v) is 5.77. The zero-order chi connectivity index (χ0) is 13.2. The smallest absolute Gasteiger partial charge is 0.234 e. The van der Waals surface area contributed by atoms with E-state index in [1.807, 2.05) is 0 Å². The Morgan fingerprint density at radius 3 is 2.59 bits per heavy atom. The van der Waals surface area contributed by atoms with Gasteiger partial charge in [-0.25, -0.2) is 8.78 Å². The molecule has 1 unspecified atom stereocenters. The Hall–Kier alpha value is -1.08. The summed E-state index contributed by atoms with van der Waals surface area (Å²) in [5.74, 6) is -2.76. The Morgan fingerprint density at radius 2 is 2.06 bits per heavy atom. The lowest BCUT2D eigenvalue weighted by Gasteiger charge is -2.11. The number of amides is 1. The van der Waals surface area contributed by atoms with Crippen molar-refractivity contribution in [3.63, 3.8) is 0 Å². The van der Waals surface area contributed by atoms with Gasteiger partial charge < -0.3 is 11.1 Å². The third-order valence-corrected chi connectivity index (χ3v) is 3.05. The second-order valence-electron chi connectivity index (χ2n) is 3.36. The minimum absolute atomic E-state index is 0.0134. The van der Waals surface area contributed by atoms with Gasteiger partial charge in [-0.15, -0.1) is 0 Å². The average Bonchev–Trinajstić information content (AvgIpc) is 2.24. The Morgan fingerprint density at radius 1 is 1.47 bits per heavy atom. The molecule has 0 aliphatic carbocycles. The predicted octanol–water partition coefficient (Wildman–Crippen LogP) is 2.59. The second kappa shape index (κ2) is 5.50. The van der Waals surface area contributed by atoms with Crippen molar-refractivity contribution in [1.29, 1.82) is 0 Å². The van der Waals surface area contributed by atoms with E-state index in [4.69, 9.17) is 5.73 Å². The van der Waals surface area contributed by atoms with Crippen LogP contribution < -0.4 is 11.1 Å². The second-order valence-corrected chi connectivity index (χ2v) is 4.69. The van der Waals surface area contributed by atoms with Gasteiger partial charge in [-0.3, -0.25) is 4.79 Å². The van der Waals surface area contributed by atoms with E-state index in [1.165, 1.54) is 6.92 Å². The van der Waals surface area contributed by atoms with Crippen LogP contribution in [0.15, 0.2) is 16.6 Å². The van der Waals surface area contributed by atoms with Crippen molar-refractivity contribution in [2.24, 2.45) is 11.7 Å². The van der Waals surface area contributed by atoms with Crippen molar-refractivity contribution >= 4 is 44.7 Å². The van der Waals surface area contributed by atoms with Crippen LogP contribution in [-0.2, 0) is 4.79 Å². The van der Waals surface area contributed by atoms with Gasteiger partial charge in [-0.05, 0) is 28.9 Å². The van der Waals surface area contributed by atoms with E-state index < -0.39 is 23.5 Å². The lowest BCUT2D eigenvalue weighted by molar-refractivity contribution is -0.117. The molecule has 0 aromatic heterocycles. The molecule has 7 heteroatoms. The van der Waals surface area contributed by atoms with Gasteiger partial charge in [0.2, 0.25) is 5.91 Å². The van der Waals surface area contributed by atoms with Crippen molar-refractivity contribution in [3.8, 4) is 0 Å². The van der Waals surface area contributed by atoms with Gasteiger partial charge in [0, 0.05) is 6.07 Å². The van der Waals surface area contributed by atoms with Gasteiger partial charge in [0.05, 0.1) is 21.1 Å². The van der Waals surface area contributed by atoms with Crippen LogP contribution in [0.3, 0.4) is 0 Å². The lowest BCUT2D eigenvalue weighted by atomic mass is 10.1. The van der Waals surface area contributed by atoms with Crippen LogP contribution in [0.4, 0.5) is 14.5 Å². The highest BCUT2D eigenvalue weighted by atomic mass is 79.9. The van der Waals surface area contributed by atoms with Crippen LogP contribution in [0.1, 0.15) is 6.92 Å². The number of carbonyl (C=O) groups excluding carboxylic acids is 1. The van der Waals surface area contributed by atoms with E-state index in [-0.39, 0.29) is 15.1 Å². The van der Waals surface area contributed by atoms with Crippen LogP contribution >= 0.6 is 28.1 Å². The molecule has 1 amide bonds. The Bertz CT molecular complexity index is 482. The van der Waals surface area contributed by atoms with E-state index in [0.29, 0.717) is 0 Å². The van der Waals surface area contributed by atoms with Gasteiger partial charge in [0.25, 0.3) is 0 Å². The third kappa shape index (κ3) is 3.44. The third-order valence-electron chi connectivity index (χ3n) is 2.09. The fourth-order valence-corrected chi connectivity index (χ4v) is 1.41. The van der Waals surface area contributed by atoms with E-state index >= 15 is 0 Å². The number of hydrogen-bond donors (Lipinski definition) is 2. The van der Waals surface area contributed by atoms with Crippen LogP contribution in [0, 0.1) is 17.6 Å². The topological polar surface area (TPSA) is 55.1 Å². The maximum absolute atomic E-state index is 13.4. The maximum Gasteiger partial charge on any atom is 0.234 e. The zero-order valence-electron chi connectivity index (χ0n) is 8.76. The van der Waals surface area contributed by atoms with E-state index in [0.717, 1.165) is 12.1 Å². The molecule has 1 aromatic rings. The van der Waals surface area contributed by atoms with Crippen molar-refractivity contribution < 1.29 is 13.6 Å². The molecule has 0 heterocycles. The monoisotopic (exact) mass is 322 g/mol. The average molecular weight is 323 g/mol. The molecule has 3 N–H and O–H groups in total. The van der Waals surface area contributed by atoms with E-state index in [2.05, 4.69) is 33.5 Å². The van der Waals surface area contributed by atoms with Gasteiger partial charge in [-0.1, -0.05) is 12.2 Å². The lowest BCUT2D eigenvalue weighted by Crippen LogP contribution is -2.31. The summed E-state index contributed by atoms with van der Waals surface area (Å²) in [6.45, 7) is 1.48. The summed E-state index contributed by atoms with van der Waals surface area (Å²) in [5, 5.41) is 2.22. The number of anilines is 1. The summed E-state index contributed by atoms with van der Waals surface area (Å²) in [7, 11) is 0. The van der Waals surface area contributed by atoms with Crippen LogP contribution in [0.2, 0.25) is 0 Å². The molecule has 0 radical (unpaired) electrons. The van der Waals surface area contributed by atoms with Crippen molar-refractivity contribution in [2.75, 3.05) is 5.32 Å². The summed E-state index contributed by atoms with van der Waals surface area (Å²) in [5.41, 5.74) is 5.03. The first-order valence-electron chi connectivity index (χ1n) is 4.57. The van der Waals surface area contributed by atoms with E-state index in [1.54, 1.807) is 0 Å². The minimum Gasteiger partial charge on any atom is -0.393 e. The van der Waals surface area contributed by atoms with Crippen molar-refractivity contribution in [3.05, 3.63) is 28.2 Å². The Kier molecular flexibility index (Phi) is 4.53. The van der Waals surface area contributed by atoms with Crippen LogP contribution in [-0.4, -0.2) is 10.9 Å². The van der Waals surface area contributed by atoms with Crippen LogP contribution in [0.25, 0.3) is 0 Å². The van der Waals surface area contributed by atoms with Gasteiger partial charge >= 0.3 is 0 Å². The molecule has 0 spiro atoms. The number of benzene rings is 1. The number of hydrogen-bond acceptors (Lipinski definition) is 2. The molecule has 17 heavy (non-hydrogen) atoms. The highest BCUT2D eigenvalue weighted by Crippen LogP contribution is 2.23. The summed E-state index contributed by atoms with van der Waals surface area (Å²) in [4.78, 5) is 11.5. The fraction of sp³-hybridized carbons (Fsp3) is 0.200. The van der Waals surface area contributed by atoms with Gasteiger partial charge in [0.15, 0.2) is 0 Å². The SMILES string of the molecule is CC(C(=O)Nc1cc(F)c(Br)cc1F)C(N)=S. The summed E-state index contributed by atoms with van der Waals surface area (Å²) in [6.07, 6.45) is 0. The molecular formula is C10H9BrF2N2OS. The quantitative estimate of drug-likeness (QED) is 0.664. The highest BCUT2D eigenvalue weighted by Gasteiger charge is 2.18. The molecule has 0 fully saturated rings. The molecule has 3 nitrogen and oxygen atoms in total. The fourth-order valence-electron chi connectivity index (χ4n) is 0.989. The number of nitrogens with one attached hydrogen (secondary N) is 1. The Balaban J connectivity index is 2.93. The molecule has 0 aliphatic rings. The number of halogens is 3. The predicted molar refractivity (Wildman–Crippen MR) is 68.6 cm³/mol. The molecule has 1 atom stereocenters. The first kappa shape index (κ1) is 14.0. The summed E-state index contributed by atoms with van der Waals surface area (Å²) in [6, 6.07) is 1.81. The number of thiocarbonyl (C=S) groups is 1. The number of nitrogens with two attached hydrogens (primary N) is 1. The minimum atomic E-state index is -0.754. The van der Waals surface area contributed by atoms with Crippen molar-refractivity contribution in [2.45, 2.75) is 6.92 Å².